The highest BCUT2D eigenvalue weighted by molar-refractivity contribution is 5.99. The minimum absolute atomic E-state index is 0.355. The third-order valence-corrected chi connectivity index (χ3v) is 4.40. The third-order valence-electron chi connectivity index (χ3n) is 4.40. The van der Waals surface area contributed by atoms with Gasteiger partial charge < -0.3 is 10.5 Å². The Balaban J connectivity index is 1.55. The number of hydrogen-bond donors (Lipinski definition) is 3. The number of aryl methyl sites for hydroxylation is 1. The van der Waals surface area contributed by atoms with Gasteiger partial charge in [-0.2, -0.15) is 0 Å². The summed E-state index contributed by atoms with van der Waals surface area (Å²) in [5.74, 6) is -0.324. The van der Waals surface area contributed by atoms with Crippen LogP contribution in [0.2, 0.25) is 0 Å². The summed E-state index contributed by atoms with van der Waals surface area (Å²) in [7, 11) is 0. The molecule has 0 saturated carbocycles. The number of rotatable bonds is 6. The number of nitrogens with two attached hydrogens (primary N) is 1. The number of amides is 3. The van der Waals surface area contributed by atoms with Gasteiger partial charge in [0.1, 0.15) is 11.5 Å². The molecule has 152 valence electrons. The Hall–Kier alpha value is -4.13. The van der Waals surface area contributed by atoms with Gasteiger partial charge in [0.25, 0.3) is 11.8 Å². The van der Waals surface area contributed by atoms with Crippen LogP contribution in [0.3, 0.4) is 0 Å². The second-order valence-electron chi connectivity index (χ2n) is 6.47. The normalized spacial score (nSPS) is 10.2. The first-order valence-corrected chi connectivity index (χ1v) is 9.33. The molecule has 7 heteroatoms. The van der Waals surface area contributed by atoms with Gasteiger partial charge >= 0.3 is 0 Å². The molecule has 0 atom stereocenters. The predicted octanol–water partition coefficient (Wildman–Crippen LogP) is 3.22. The van der Waals surface area contributed by atoms with E-state index >= 15 is 0 Å². The van der Waals surface area contributed by atoms with E-state index in [1.54, 1.807) is 60.7 Å². The lowest BCUT2D eigenvalue weighted by atomic mass is 10.1. The molecule has 3 aromatic rings. The fraction of sp³-hybridized carbons (Fsp3) is 0.0870. The summed E-state index contributed by atoms with van der Waals surface area (Å²) in [5.41, 5.74) is 12.3. The fourth-order valence-corrected chi connectivity index (χ4v) is 2.65. The Morgan fingerprint density at radius 2 is 1.10 bits per heavy atom. The van der Waals surface area contributed by atoms with Crippen molar-refractivity contribution in [3.8, 4) is 11.5 Å². The van der Waals surface area contributed by atoms with Crippen molar-refractivity contribution in [1.82, 2.24) is 10.9 Å². The molecular weight excluding hydrogens is 382 g/mol. The lowest BCUT2D eigenvalue weighted by molar-refractivity contribution is 0.0846. The summed E-state index contributed by atoms with van der Waals surface area (Å²) >= 11 is 0. The van der Waals surface area contributed by atoms with Crippen molar-refractivity contribution < 1.29 is 19.1 Å². The van der Waals surface area contributed by atoms with Crippen LogP contribution in [0.25, 0.3) is 0 Å². The zero-order chi connectivity index (χ0) is 21.5. The molecule has 0 aliphatic carbocycles. The second kappa shape index (κ2) is 9.38. The maximum absolute atomic E-state index is 12.2. The second-order valence-corrected chi connectivity index (χ2v) is 6.47. The van der Waals surface area contributed by atoms with Crippen LogP contribution < -0.4 is 21.3 Å². The molecule has 0 unspecified atom stereocenters. The highest BCUT2D eigenvalue weighted by Crippen LogP contribution is 2.22. The summed E-state index contributed by atoms with van der Waals surface area (Å²) in [6.45, 7) is 2.03. The fourth-order valence-electron chi connectivity index (χ4n) is 2.65. The van der Waals surface area contributed by atoms with Crippen LogP contribution in [-0.2, 0) is 6.42 Å². The van der Waals surface area contributed by atoms with Crippen LogP contribution in [0.4, 0.5) is 0 Å². The Kier molecular flexibility index (Phi) is 6.44. The van der Waals surface area contributed by atoms with Crippen LogP contribution in [0.15, 0.2) is 72.8 Å². The molecule has 0 bridgehead atoms. The minimum Gasteiger partial charge on any atom is -0.457 e. The molecule has 0 spiro atoms. The SMILES string of the molecule is CCc1ccc(C(=O)NNC(=O)c2ccc(Oc3ccc(C(N)=O)cc3)cc2)cc1. The van der Waals surface area contributed by atoms with Crippen LogP contribution in [0.1, 0.15) is 43.6 Å². The quantitative estimate of drug-likeness (QED) is 0.549. The van der Waals surface area contributed by atoms with E-state index in [-0.39, 0.29) is 0 Å². The van der Waals surface area contributed by atoms with Gasteiger partial charge in [-0.15, -0.1) is 0 Å². The molecule has 3 aromatic carbocycles. The molecule has 30 heavy (non-hydrogen) atoms. The average Bonchev–Trinajstić information content (AvgIpc) is 2.78. The Morgan fingerprint density at radius 1 is 0.700 bits per heavy atom. The van der Waals surface area contributed by atoms with Crippen molar-refractivity contribution in [2.75, 3.05) is 0 Å². The maximum atomic E-state index is 12.2. The van der Waals surface area contributed by atoms with E-state index in [9.17, 15) is 14.4 Å². The summed E-state index contributed by atoms with van der Waals surface area (Å²) < 4.78 is 5.67. The van der Waals surface area contributed by atoms with Crippen LogP contribution in [-0.4, -0.2) is 17.7 Å². The van der Waals surface area contributed by atoms with Crippen molar-refractivity contribution in [2.45, 2.75) is 13.3 Å². The van der Waals surface area contributed by atoms with Gasteiger partial charge in [-0.05, 0) is 72.6 Å². The van der Waals surface area contributed by atoms with E-state index in [0.717, 1.165) is 12.0 Å². The molecule has 0 aliphatic heterocycles. The Morgan fingerprint density at radius 3 is 1.50 bits per heavy atom. The maximum Gasteiger partial charge on any atom is 0.269 e. The summed E-state index contributed by atoms with van der Waals surface area (Å²) in [6.07, 6.45) is 0.886. The van der Waals surface area contributed by atoms with Crippen molar-refractivity contribution in [3.63, 3.8) is 0 Å². The number of nitrogens with one attached hydrogen (secondary N) is 2. The van der Waals surface area contributed by atoms with Gasteiger partial charge in [0.05, 0.1) is 0 Å². The van der Waals surface area contributed by atoms with Crippen molar-refractivity contribution in [2.24, 2.45) is 5.73 Å². The molecule has 0 aliphatic rings. The molecule has 0 saturated heterocycles. The topological polar surface area (TPSA) is 111 Å². The first kappa shape index (κ1) is 20.6. The van der Waals surface area contributed by atoms with E-state index in [1.165, 1.54) is 0 Å². The number of hydrazine groups is 1. The van der Waals surface area contributed by atoms with Crippen LogP contribution in [0.5, 0.6) is 11.5 Å². The first-order valence-electron chi connectivity index (χ1n) is 9.33. The minimum atomic E-state index is -0.512. The number of carbonyl (C=O) groups excluding carboxylic acids is 3. The summed E-state index contributed by atoms with van der Waals surface area (Å²) in [6, 6.07) is 20.0. The summed E-state index contributed by atoms with van der Waals surface area (Å²) in [5, 5.41) is 0. The highest BCUT2D eigenvalue weighted by Gasteiger charge is 2.10. The van der Waals surface area contributed by atoms with Gasteiger partial charge in [-0.3, -0.25) is 25.2 Å². The Bertz CT molecular complexity index is 1040. The van der Waals surface area contributed by atoms with E-state index in [1.807, 2.05) is 19.1 Å². The van der Waals surface area contributed by atoms with Crippen molar-refractivity contribution in [1.29, 1.82) is 0 Å². The standard InChI is InChI=1S/C23H21N3O4/c1-2-15-3-5-17(6-4-15)22(28)25-26-23(29)18-9-13-20(14-10-18)30-19-11-7-16(8-12-19)21(24)27/h3-14H,2H2,1H3,(H2,24,27)(H,25,28)(H,26,29). The number of carbonyl (C=O) groups is 3. The molecule has 0 aromatic heterocycles. The molecular formula is C23H21N3O4. The molecule has 7 nitrogen and oxygen atoms in total. The predicted molar refractivity (Wildman–Crippen MR) is 112 cm³/mol. The van der Waals surface area contributed by atoms with Gasteiger partial charge in [0, 0.05) is 16.7 Å². The van der Waals surface area contributed by atoms with Crippen LogP contribution >= 0.6 is 0 Å². The zero-order valence-corrected chi connectivity index (χ0v) is 16.3. The lowest BCUT2D eigenvalue weighted by Gasteiger charge is -2.09. The largest absolute Gasteiger partial charge is 0.457 e. The van der Waals surface area contributed by atoms with Gasteiger partial charge in [0.15, 0.2) is 0 Å². The molecule has 0 radical (unpaired) electrons. The number of primary amides is 1. The van der Waals surface area contributed by atoms with E-state index in [2.05, 4.69) is 10.9 Å². The van der Waals surface area contributed by atoms with Crippen molar-refractivity contribution in [3.05, 3.63) is 95.1 Å². The molecule has 0 fully saturated rings. The lowest BCUT2D eigenvalue weighted by Crippen LogP contribution is -2.41. The zero-order valence-electron chi connectivity index (χ0n) is 16.3. The smallest absolute Gasteiger partial charge is 0.269 e. The Labute approximate surface area is 173 Å². The number of hydrogen-bond acceptors (Lipinski definition) is 4. The molecule has 3 rings (SSSR count). The van der Waals surface area contributed by atoms with Gasteiger partial charge in [0.2, 0.25) is 5.91 Å². The van der Waals surface area contributed by atoms with Crippen molar-refractivity contribution >= 4 is 17.7 Å². The van der Waals surface area contributed by atoms with E-state index < -0.39 is 17.7 Å². The first-order chi connectivity index (χ1) is 14.5. The molecule has 4 N–H and O–H groups in total. The van der Waals surface area contributed by atoms with Gasteiger partial charge in [-0.1, -0.05) is 19.1 Å². The van der Waals surface area contributed by atoms with E-state index in [4.69, 9.17) is 10.5 Å². The third kappa shape index (κ3) is 5.23. The van der Waals surface area contributed by atoms with Crippen LogP contribution in [0, 0.1) is 0 Å². The number of benzene rings is 3. The summed E-state index contributed by atoms with van der Waals surface area (Å²) in [4.78, 5) is 35.5. The van der Waals surface area contributed by atoms with E-state index in [0.29, 0.717) is 28.2 Å². The average molecular weight is 403 g/mol. The number of ether oxygens (including phenoxy) is 1. The monoisotopic (exact) mass is 403 g/mol. The van der Waals surface area contributed by atoms with Gasteiger partial charge in [-0.25, -0.2) is 0 Å². The highest BCUT2D eigenvalue weighted by atomic mass is 16.5. The molecule has 3 amide bonds. The molecule has 0 heterocycles.